The molecule has 1 aromatic rings. The molecule has 0 atom stereocenters. The highest BCUT2D eigenvalue weighted by molar-refractivity contribution is 9.10. The second-order valence-electron chi connectivity index (χ2n) is 4.93. The minimum Gasteiger partial charge on any atom is -0.481 e. The molecule has 0 aliphatic heterocycles. The van der Waals surface area contributed by atoms with Crippen molar-refractivity contribution in [2.24, 2.45) is 5.41 Å². The van der Waals surface area contributed by atoms with E-state index in [0.29, 0.717) is 17.3 Å². The first kappa shape index (κ1) is 14.1. The lowest BCUT2D eigenvalue weighted by Gasteiger charge is -2.33. The average molecular weight is 330 g/mol. The normalized spacial score (nSPS) is 17.9. The Labute approximate surface area is 119 Å². The zero-order valence-corrected chi connectivity index (χ0v) is 12.0. The molecule has 5 nitrogen and oxygen atoms in total. The number of carboxylic acid groups (broad SMARTS) is 1. The van der Waals surface area contributed by atoms with Crippen molar-refractivity contribution in [3.05, 3.63) is 22.6 Å². The quantitative estimate of drug-likeness (QED) is 0.890. The van der Waals surface area contributed by atoms with Gasteiger partial charge in [0, 0.05) is 6.54 Å². The number of carboxylic acids is 1. The number of amides is 1. The van der Waals surface area contributed by atoms with Crippen molar-refractivity contribution in [3.63, 3.8) is 0 Å². The fourth-order valence-corrected chi connectivity index (χ4v) is 2.86. The summed E-state index contributed by atoms with van der Waals surface area (Å²) in [5, 5.41) is 12.1. The number of hydrogen-bond donors (Lipinski definition) is 2. The monoisotopic (exact) mass is 329 g/mol. The molecule has 1 amide bonds. The minimum atomic E-state index is -0.828. The number of rotatable bonds is 4. The standard InChI is InChI=1S/C13H16BrNO4/c14-9-4-7-19-10(9)11(16)15-8-13(12(17)18)5-2-1-3-6-13/h4,7H,1-3,5-6,8H2,(H,15,16)(H,17,18). The van der Waals surface area contributed by atoms with Gasteiger partial charge in [0.1, 0.15) is 0 Å². The zero-order chi connectivity index (χ0) is 13.9. The maximum atomic E-state index is 11.9. The highest BCUT2D eigenvalue weighted by Crippen LogP contribution is 2.36. The molecule has 1 aliphatic carbocycles. The third kappa shape index (κ3) is 3.00. The first-order chi connectivity index (χ1) is 9.05. The van der Waals surface area contributed by atoms with Crippen molar-refractivity contribution in [1.82, 2.24) is 5.32 Å². The number of hydrogen-bond acceptors (Lipinski definition) is 3. The number of aliphatic carboxylic acids is 1. The van der Waals surface area contributed by atoms with Crippen LogP contribution in [0.1, 0.15) is 42.7 Å². The van der Waals surface area contributed by atoms with E-state index < -0.39 is 11.4 Å². The van der Waals surface area contributed by atoms with E-state index in [4.69, 9.17) is 4.42 Å². The summed E-state index contributed by atoms with van der Waals surface area (Å²) in [7, 11) is 0. The third-order valence-electron chi connectivity index (χ3n) is 3.68. The largest absolute Gasteiger partial charge is 0.481 e. The second-order valence-corrected chi connectivity index (χ2v) is 5.78. The van der Waals surface area contributed by atoms with Crippen molar-refractivity contribution in [3.8, 4) is 0 Å². The lowest BCUT2D eigenvalue weighted by atomic mass is 9.74. The van der Waals surface area contributed by atoms with E-state index in [2.05, 4.69) is 21.2 Å². The van der Waals surface area contributed by atoms with Gasteiger partial charge in [-0.25, -0.2) is 0 Å². The van der Waals surface area contributed by atoms with Crippen molar-refractivity contribution < 1.29 is 19.1 Å². The Kier molecular flexibility index (Phi) is 4.29. The number of nitrogens with one attached hydrogen (secondary N) is 1. The van der Waals surface area contributed by atoms with Gasteiger partial charge in [0.15, 0.2) is 0 Å². The molecule has 0 unspecified atom stereocenters. The molecule has 0 spiro atoms. The number of carbonyl (C=O) groups excluding carboxylic acids is 1. The van der Waals surface area contributed by atoms with Crippen molar-refractivity contribution >= 4 is 27.8 Å². The first-order valence-electron chi connectivity index (χ1n) is 6.30. The summed E-state index contributed by atoms with van der Waals surface area (Å²) in [6, 6.07) is 1.63. The van der Waals surface area contributed by atoms with E-state index in [1.165, 1.54) is 6.26 Å². The molecule has 1 fully saturated rings. The number of furan rings is 1. The molecule has 1 aliphatic rings. The fraction of sp³-hybridized carbons (Fsp3) is 0.538. The molecule has 104 valence electrons. The Morgan fingerprint density at radius 3 is 2.58 bits per heavy atom. The van der Waals surface area contributed by atoms with Crippen molar-refractivity contribution in [1.29, 1.82) is 0 Å². The Hall–Kier alpha value is -1.30. The zero-order valence-electron chi connectivity index (χ0n) is 10.4. The Bertz CT molecular complexity index is 477. The molecule has 0 bridgehead atoms. The van der Waals surface area contributed by atoms with Gasteiger partial charge < -0.3 is 14.8 Å². The van der Waals surface area contributed by atoms with Crippen molar-refractivity contribution in [2.75, 3.05) is 6.54 Å². The fourth-order valence-electron chi connectivity index (χ4n) is 2.48. The topological polar surface area (TPSA) is 79.5 Å². The van der Waals surface area contributed by atoms with E-state index in [1.54, 1.807) is 6.07 Å². The van der Waals surface area contributed by atoms with Gasteiger partial charge in [0.25, 0.3) is 5.91 Å². The van der Waals surface area contributed by atoms with Gasteiger partial charge in [-0.15, -0.1) is 0 Å². The van der Waals surface area contributed by atoms with Crippen LogP contribution in [0, 0.1) is 5.41 Å². The van der Waals surface area contributed by atoms with Gasteiger partial charge in [-0.1, -0.05) is 19.3 Å². The lowest BCUT2D eigenvalue weighted by molar-refractivity contribution is -0.150. The summed E-state index contributed by atoms with van der Waals surface area (Å²) in [5.74, 6) is -1.04. The van der Waals surface area contributed by atoms with E-state index in [0.717, 1.165) is 19.3 Å². The van der Waals surface area contributed by atoms with Crippen LogP contribution >= 0.6 is 15.9 Å². The Morgan fingerprint density at radius 2 is 2.05 bits per heavy atom. The van der Waals surface area contributed by atoms with Gasteiger partial charge in [-0.05, 0) is 34.8 Å². The van der Waals surface area contributed by atoms with Crippen LogP contribution in [0.5, 0.6) is 0 Å². The second kappa shape index (κ2) is 5.77. The maximum absolute atomic E-state index is 11.9. The van der Waals surface area contributed by atoms with Crippen molar-refractivity contribution in [2.45, 2.75) is 32.1 Å². The van der Waals surface area contributed by atoms with E-state index in [9.17, 15) is 14.7 Å². The predicted octanol–water partition coefficient (Wildman–Crippen LogP) is 2.81. The van der Waals surface area contributed by atoms with E-state index >= 15 is 0 Å². The SMILES string of the molecule is O=C(NCC1(C(=O)O)CCCCC1)c1occc1Br. The number of carbonyl (C=O) groups is 2. The predicted molar refractivity (Wildman–Crippen MR) is 71.9 cm³/mol. The van der Waals surface area contributed by atoms with Gasteiger partial charge in [0.05, 0.1) is 16.2 Å². The smallest absolute Gasteiger partial charge is 0.311 e. The van der Waals surface area contributed by atoms with E-state index in [1.807, 2.05) is 0 Å². The number of halogens is 1. The molecular formula is C13H16BrNO4. The third-order valence-corrected chi connectivity index (χ3v) is 4.30. The molecule has 2 rings (SSSR count). The summed E-state index contributed by atoms with van der Waals surface area (Å²) in [4.78, 5) is 23.4. The Morgan fingerprint density at radius 1 is 1.37 bits per heavy atom. The highest BCUT2D eigenvalue weighted by Gasteiger charge is 2.40. The van der Waals surface area contributed by atoms with Crippen LogP contribution in [0.4, 0.5) is 0 Å². The summed E-state index contributed by atoms with van der Waals surface area (Å²) >= 11 is 3.20. The molecule has 0 saturated heterocycles. The van der Waals surface area contributed by atoms with Crippen LogP contribution in [0.25, 0.3) is 0 Å². The molecular weight excluding hydrogens is 314 g/mol. The van der Waals surface area contributed by atoms with Crippen LogP contribution < -0.4 is 5.32 Å². The van der Waals surface area contributed by atoms with Crippen LogP contribution in [-0.4, -0.2) is 23.5 Å². The summed E-state index contributed by atoms with van der Waals surface area (Å²) in [6.45, 7) is 0.147. The highest BCUT2D eigenvalue weighted by atomic mass is 79.9. The molecule has 0 radical (unpaired) electrons. The van der Waals surface area contributed by atoms with Crippen LogP contribution in [0.2, 0.25) is 0 Å². The van der Waals surface area contributed by atoms with Crippen LogP contribution in [0.3, 0.4) is 0 Å². The minimum absolute atomic E-state index is 0.147. The molecule has 2 N–H and O–H groups in total. The maximum Gasteiger partial charge on any atom is 0.311 e. The lowest BCUT2D eigenvalue weighted by Crippen LogP contribution is -2.44. The van der Waals surface area contributed by atoms with Gasteiger partial charge >= 0.3 is 5.97 Å². The molecule has 1 heterocycles. The van der Waals surface area contributed by atoms with Gasteiger partial charge in [-0.3, -0.25) is 9.59 Å². The molecule has 1 aromatic heterocycles. The summed E-state index contributed by atoms with van der Waals surface area (Å²) in [5.41, 5.74) is -0.826. The van der Waals surface area contributed by atoms with Crippen LogP contribution in [0.15, 0.2) is 21.2 Å². The molecule has 6 heteroatoms. The first-order valence-corrected chi connectivity index (χ1v) is 7.09. The molecule has 0 aromatic carbocycles. The summed E-state index contributed by atoms with van der Waals surface area (Å²) in [6.07, 6.45) is 5.49. The van der Waals surface area contributed by atoms with Gasteiger partial charge in [-0.2, -0.15) is 0 Å². The molecule has 19 heavy (non-hydrogen) atoms. The summed E-state index contributed by atoms with van der Waals surface area (Å²) < 4.78 is 5.62. The Balaban J connectivity index is 2.02. The molecule has 1 saturated carbocycles. The van der Waals surface area contributed by atoms with Crippen LogP contribution in [-0.2, 0) is 4.79 Å². The average Bonchev–Trinajstić information content (AvgIpc) is 2.83. The van der Waals surface area contributed by atoms with Gasteiger partial charge in [0.2, 0.25) is 5.76 Å². The van der Waals surface area contributed by atoms with E-state index in [-0.39, 0.29) is 18.2 Å².